The van der Waals surface area contributed by atoms with Crippen LogP contribution >= 0.6 is 12.4 Å². The minimum atomic E-state index is -3.28. The first-order valence-electron chi connectivity index (χ1n) is 10.3. The monoisotopic (exact) mass is 474 g/mol. The van der Waals surface area contributed by atoms with Gasteiger partial charge in [0.2, 0.25) is 0 Å². The Labute approximate surface area is 194 Å². The Kier molecular flexibility index (Phi) is 7.05. The van der Waals surface area contributed by atoms with E-state index in [1.807, 2.05) is 24.0 Å². The summed E-state index contributed by atoms with van der Waals surface area (Å²) < 4.78 is 23.5. The van der Waals surface area contributed by atoms with Crippen molar-refractivity contribution in [3.63, 3.8) is 0 Å². The fraction of sp³-hybridized carbons (Fsp3) is 0.348. The molecule has 1 amide bonds. The summed E-state index contributed by atoms with van der Waals surface area (Å²) in [6.45, 7) is 5.51. The van der Waals surface area contributed by atoms with E-state index >= 15 is 0 Å². The standard InChI is InChI=1S/C23H26N4O3S.ClH/c1-15-5-4-12-27(14-15)23(28)20-13-24-22-19(11-6-16(2)25-22)21(20)26-17-7-9-18(10-8-17)31(3,29)30;/h6-11,13,15H,4-5,12,14H2,1-3H3,(H,24,25,26);1H. The summed E-state index contributed by atoms with van der Waals surface area (Å²) in [5, 5.41) is 4.07. The van der Waals surface area contributed by atoms with Crippen molar-refractivity contribution in [3.05, 3.63) is 53.9 Å². The molecule has 9 heteroatoms. The number of piperidine rings is 1. The smallest absolute Gasteiger partial charge is 0.257 e. The van der Waals surface area contributed by atoms with Gasteiger partial charge in [-0.2, -0.15) is 0 Å². The van der Waals surface area contributed by atoms with Gasteiger partial charge < -0.3 is 10.2 Å². The number of halogens is 1. The van der Waals surface area contributed by atoms with Gasteiger partial charge >= 0.3 is 0 Å². The van der Waals surface area contributed by atoms with Gasteiger partial charge in [-0.15, -0.1) is 12.4 Å². The molecule has 32 heavy (non-hydrogen) atoms. The maximum Gasteiger partial charge on any atom is 0.257 e. The molecule has 1 atom stereocenters. The number of fused-ring (bicyclic) bond motifs is 1. The Morgan fingerprint density at radius 3 is 2.53 bits per heavy atom. The molecule has 3 heterocycles. The quantitative estimate of drug-likeness (QED) is 0.603. The first-order chi connectivity index (χ1) is 14.7. The molecule has 0 radical (unpaired) electrons. The van der Waals surface area contributed by atoms with E-state index in [2.05, 4.69) is 22.2 Å². The van der Waals surface area contributed by atoms with Crippen LogP contribution in [-0.4, -0.2) is 48.5 Å². The molecule has 1 unspecified atom stereocenters. The highest BCUT2D eigenvalue weighted by Crippen LogP contribution is 2.31. The number of rotatable bonds is 4. The minimum absolute atomic E-state index is 0. The van der Waals surface area contributed by atoms with Crippen LogP contribution < -0.4 is 5.32 Å². The number of aromatic nitrogens is 2. The lowest BCUT2D eigenvalue weighted by molar-refractivity contribution is 0.0684. The van der Waals surface area contributed by atoms with Crippen molar-refractivity contribution < 1.29 is 13.2 Å². The van der Waals surface area contributed by atoms with Crippen molar-refractivity contribution in [2.24, 2.45) is 5.92 Å². The van der Waals surface area contributed by atoms with Gasteiger partial charge in [-0.1, -0.05) is 6.92 Å². The number of pyridine rings is 2. The predicted octanol–water partition coefficient (Wildman–Crippen LogP) is 4.38. The van der Waals surface area contributed by atoms with Gasteiger partial charge in [0.1, 0.15) is 0 Å². The lowest BCUT2D eigenvalue weighted by Crippen LogP contribution is -2.39. The second-order valence-electron chi connectivity index (χ2n) is 8.29. The topological polar surface area (TPSA) is 92.3 Å². The van der Waals surface area contributed by atoms with Gasteiger partial charge in [0.05, 0.1) is 16.1 Å². The second-order valence-corrected chi connectivity index (χ2v) is 10.3. The highest BCUT2D eigenvalue weighted by atomic mass is 35.5. The Hall–Kier alpha value is -2.71. The number of hydrogen-bond acceptors (Lipinski definition) is 6. The first-order valence-corrected chi connectivity index (χ1v) is 12.2. The van der Waals surface area contributed by atoms with Crippen molar-refractivity contribution in [3.8, 4) is 0 Å². The number of aryl methyl sites for hydroxylation is 1. The third kappa shape index (κ3) is 5.02. The molecule has 0 bridgehead atoms. The van der Waals surface area contributed by atoms with E-state index in [1.54, 1.807) is 30.5 Å². The van der Waals surface area contributed by atoms with E-state index in [-0.39, 0.29) is 23.2 Å². The Morgan fingerprint density at radius 1 is 1.16 bits per heavy atom. The van der Waals surface area contributed by atoms with Crippen molar-refractivity contribution in [2.75, 3.05) is 24.7 Å². The molecule has 7 nitrogen and oxygen atoms in total. The van der Waals surface area contributed by atoms with Crippen molar-refractivity contribution >= 4 is 50.6 Å². The van der Waals surface area contributed by atoms with Gasteiger partial charge in [0.15, 0.2) is 15.5 Å². The SMILES string of the molecule is Cc1ccc2c(Nc3ccc(S(C)(=O)=O)cc3)c(C(=O)N3CCCC(C)C3)cnc2n1.Cl. The molecule has 1 aliphatic rings. The van der Waals surface area contributed by atoms with Crippen molar-refractivity contribution in [1.29, 1.82) is 0 Å². The largest absolute Gasteiger partial charge is 0.354 e. The molecule has 1 N–H and O–H groups in total. The molecule has 170 valence electrons. The summed E-state index contributed by atoms with van der Waals surface area (Å²) in [7, 11) is -3.28. The number of carbonyl (C=O) groups excluding carboxylic acids is 1. The zero-order valence-corrected chi connectivity index (χ0v) is 20.0. The van der Waals surface area contributed by atoms with Gasteiger partial charge in [0, 0.05) is 42.3 Å². The predicted molar refractivity (Wildman–Crippen MR) is 129 cm³/mol. The number of hydrogen-bond donors (Lipinski definition) is 1. The minimum Gasteiger partial charge on any atom is -0.354 e. The number of sulfone groups is 1. The van der Waals surface area contributed by atoms with Crippen LogP contribution in [0.1, 0.15) is 35.8 Å². The molecule has 1 aliphatic heterocycles. The van der Waals surface area contributed by atoms with Gasteiger partial charge in [0.25, 0.3) is 5.91 Å². The van der Waals surface area contributed by atoms with E-state index in [1.165, 1.54) is 6.26 Å². The summed E-state index contributed by atoms with van der Waals surface area (Å²) in [5.41, 5.74) is 3.19. The number of likely N-dealkylation sites (tertiary alicyclic amines) is 1. The van der Waals surface area contributed by atoms with Crippen LogP contribution in [0, 0.1) is 12.8 Å². The van der Waals surface area contributed by atoms with Crippen LogP contribution in [0.4, 0.5) is 11.4 Å². The van der Waals surface area contributed by atoms with Crippen LogP contribution in [-0.2, 0) is 9.84 Å². The third-order valence-corrected chi connectivity index (χ3v) is 6.72. The Bertz CT molecular complexity index is 1250. The fourth-order valence-corrected chi connectivity index (χ4v) is 4.57. The number of carbonyl (C=O) groups is 1. The molecule has 3 aromatic rings. The van der Waals surface area contributed by atoms with Crippen LogP contribution in [0.5, 0.6) is 0 Å². The molecule has 0 spiro atoms. The van der Waals surface area contributed by atoms with E-state index < -0.39 is 9.84 Å². The van der Waals surface area contributed by atoms with Gasteiger partial charge in [-0.05, 0) is 62.1 Å². The highest BCUT2D eigenvalue weighted by Gasteiger charge is 2.25. The number of nitrogens with zero attached hydrogens (tertiary/aromatic N) is 3. The number of anilines is 2. The van der Waals surface area contributed by atoms with Crippen LogP contribution in [0.25, 0.3) is 11.0 Å². The summed E-state index contributed by atoms with van der Waals surface area (Å²) in [5.74, 6) is 0.409. The molecule has 2 aromatic heterocycles. The summed E-state index contributed by atoms with van der Waals surface area (Å²) in [4.78, 5) is 24.5. The summed E-state index contributed by atoms with van der Waals surface area (Å²) in [6.07, 6.45) is 4.88. The zero-order valence-electron chi connectivity index (χ0n) is 18.3. The molecule has 1 aromatic carbocycles. The molecule has 0 aliphatic carbocycles. The molecule has 4 rings (SSSR count). The number of benzene rings is 1. The molecule has 0 saturated carbocycles. The second kappa shape index (κ2) is 9.42. The third-order valence-electron chi connectivity index (χ3n) is 5.60. The van der Waals surface area contributed by atoms with Crippen molar-refractivity contribution in [2.45, 2.75) is 31.6 Å². The van der Waals surface area contributed by atoms with E-state index in [9.17, 15) is 13.2 Å². The molecular formula is C23H27ClN4O3S. The average Bonchev–Trinajstić information content (AvgIpc) is 2.73. The van der Waals surface area contributed by atoms with Crippen molar-refractivity contribution in [1.82, 2.24) is 14.9 Å². The Morgan fingerprint density at radius 2 is 1.88 bits per heavy atom. The molecular weight excluding hydrogens is 448 g/mol. The molecule has 1 fully saturated rings. The lowest BCUT2D eigenvalue weighted by Gasteiger charge is -2.31. The first kappa shape index (κ1) is 23.9. The van der Waals surface area contributed by atoms with E-state index in [0.717, 1.165) is 37.0 Å². The van der Waals surface area contributed by atoms with Crippen LogP contribution in [0.15, 0.2) is 47.5 Å². The highest BCUT2D eigenvalue weighted by molar-refractivity contribution is 7.90. The summed E-state index contributed by atoms with van der Waals surface area (Å²) in [6, 6.07) is 10.3. The summed E-state index contributed by atoms with van der Waals surface area (Å²) >= 11 is 0. The number of amides is 1. The normalized spacial score (nSPS) is 16.5. The number of nitrogens with one attached hydrogen (secondary N) is 1. The van der Waals surface area contributed by atoms with E-state index in [4.69, 9.17) is 0 Å². The lowest BCUT2D eigenvalue weighted by atomic mass is 9.99. The van der Waals surface area contributed by atoms with Crippen LogP contribution in [0.2, 0.25) is 0 Å². The average molecular weight is 475 g/mol. The van der Waals surface area contributed by atoms with Gasteiger partial charge in [-0.3, -0.25) is 4.79 Å². The zero-order chi connectivity index (χ0) is 22.2. The maximum atomic E-state index is 13.4. The van der Waals surface area contributed by atoms with E-state index in [0.29, 0.717) is 28.5 Å². The molecule has 1 saturated heterocycles. The van der Waals surface area contributed by atoms with Crippen LogP contribution in [0.3, 0.4) is 0 Å². The maximum absolute atomic E-state index is 13.4. The van der Waals surface area contributed by atoms with Gasteiger partial charge in [-0.25, -0.2) is 18.4 Å². The Balaban J connectivity index is 0.00000289. The fourth-order valence-electron chi connectivity index (χ4n) is 3.94.